The molecule has 1 N–H and O–H groups in total. The first-order valence-corrected chi connectivity index (χ1v) is 9.68. The third kappa shape index (κ3) is 4.86. The molecule has 3 aromatic rings. The van der Waals surface area contributed by atoms with Gasteiger partial charge >= 0.3 is 0 Å². The Morgan fingerprint density at radius 2 is 1.89 bits per heavy atom. The monoisotopic (exact) mass is 408 g/mol. The number of nitriles is 1. The van der Waals surface area contributed by atoms with E-state index < -0.39 is 5.91 Å². The van der Waals surface area contributed by atoms with Crippen molar-refractivity contribution in [2.75, 3.05) is 5.32 Å². The van der Waals surface area contributed by atoms with Gasteiger partial charge in [0, 0.05) is 21.7 Å². The fourth-order valence-electron chi connectivity index (χ4n) is 2.45. The summed E-state index contributed by atoms with van der Waals surface area (Å²) in [5, 5.41) is 13.5. The molecule has 28 heavy (non-hydrogen) atoms. The second kappa shape index (κ2) is 8.83. The number of carbonyl (C=O) groups is 1. The lowest BCUT2D eigenvalue weighted by molar-refractivity contribution is -0.112. The van der Waals surface area contributed by atoms with Crippen molar-refractivity contribution in [3.63, 3.8) is 0 Å². The molecule has 0 atom stereocenters. The zero-order valence-electron chi connectivity index (χ0n) is 15.3. The first kappa shape index (κ1) is 19.8. The lowest BCUT2D eigenvalue weighted by Crippen LogP contribution is -2.14. The number of amides is 1. The minimum absolute atomic E-state index is 0.0294. The van der Waals surface area contributed by atoms with Crippen molar-refractivity contribution in [1.29, 1.82) is 5.26 Å². The molecule has 1 amide bonds. The molecule has 0 unspecified atom stereocenters. The van der Waals surface area contributed by atoms with E-state index in [-0.39, 0.29) is 5.57 Å². The molecule has 6 heteroatoms. The maximum atomic E-state index is 12.5. The zero-order chi connectivity index (χ0) is 20.1. The summed E-state index contributed by atoms with van der Waals surface area (Å²) in [5.41, 5.74) is 2.69. The van der Waals surface area contributed by atoms with Crippen LogP contribution in [0.15, 0.2) is 74.6 Å². The second-order valence-electron chi connectivity index (χ2n) is 6.08. The lowest BCUT2D eigenvalue weighted by Gasteiger charge is -2.09. The highest BCUT2D eigenvalue weighted by Crippen LogP contribution is 2.30. The summed E-state index contributed by atoms with van der Waals surface area (Å²) in [7, 11) is 0. The van der Waals surface area contributed by atoms with Gasteiger partial charge in [-0.25, -0.2) is 0 Å². The third-order valence-electron chi connectivity index (χ3n) is 4.14. The number of hydrogen-bond donors (Lipinski definition) is 1. The fraction of sp³-hybridized carbons (Fsp3) is 0.0909. The summed E-state index contributed by atoms with van der Waals surface area (Å²) < 4.78 is 5.72. The quantitative estimate of drug-likeness (QED) is 0.400. The van der Waals surface area contributed by atoms with Crippen LogP contribution in [0.5, 0.6) is 0 Å². The Morgan fingerprint density at radius 3 is 2.61 bits per heavy atom. The zero-order valence-corrected chi connectivity index (χ0v) is 16.9. The van der Waals surface area contributed by atoms with Crippen LogP contribution in [-0.4, -0.2) is 5.91 Å². The van der Waals surface area contributed by atoms with Crippen LogP contribution in [0, 0.1) is 25.2 Å². The molecule has 0 spiro atoms. The largest absolute Gasteiger partial charge is 0.450 e. The van der Waals surface area contributed by atoms with E-state index >= 15 is 0 Å². The number of nitrogens with zero attached hydrogens (tertiary/aromatic N) is 1. The number of nitrogens with one attached hydrogen (secondary N) is 1. The number of benzene rings is 2. The van der Waals surface area contributed by atoms with Gasteiger partial charge in [0.15, 0.2) is 5.09 Å². The van der Waals surface area contributed by atoms with Crippen LogP contribution >= 0.6 is 23.4 Å². The van der Waals surface area contributed by atoms with Gasteiger partial charge in [-0.2, -0.15) is 5.26 Å². The summed E-state index contributed by atoms with van der Waals surface area (Å²) in [5.74, 6) is -0.0383. The van der Waals surface area contributed by atoms with Gasteiger partial charge in [0.2, 0.25) is 0 Å². The van der Waals surface area contributed by atoms with E-state index in [1.807, 2.05) is 50.2 Å². The average molecular weight is 409 g/mol. The molecule has 0 radical (unpaired) electrons. The first-order chi connectivity index (χ1) is 13.5. The standard InChI is InChI=1S/C22H17ClN2O2S/c1-14-4-3-5-20(15(14)2)25-22(26)16(13-24)12-18-8-11-21(27-18)28-19-9-6-17(23)7-10-19/h3-12H,1-2H3,(H,25,26)/b16-12+. The van der Waals surface area contributed by atoms with Gasteiger partial charge < -0.3 is 9.73 Å². The molecule has 2 aromatic carbocycles. The predicted molar refractivity (Wildman–Crippen MR) is 112 cm³/mol. The highest BCUT2D eigenvalue weighted by atomic mass is 35.5. The normalized spacial score (nSPS) is 11.1. The van der Waals surface area contributed by atoms with Gasteiger partial charge in [0.1, 0.15) is 17.4 Å². The molecule has 0 saturated carbocycles. The van der Waals surface area contributed by atoms with Crippen molar-refractivity contribution in [1.82, 2.24) is 0 Å². The van der Waals surface area contributed by atoms with Crippen molar-refractivity contribution >= 4 is 41.0 Å². The molecule has 0 aliphatic rings. The van der Waals surface area contributed by atoms with Crippen LogP contribution in [0.25, 0.3) is 6.08 Å². The minimum atomic E-state index is -0.473. The number of anilines is 1. The molecule has 0 aliphatic carbocycles. The van der Waals surface area contributed by atoms with Gasteiger partial charge in [-0.1, -0.05) is 35.5 Å². The van der Waals surface area contributed by atoms with Crippen molar-refractivity contribution in [3.8, 4) is 6.07 Å². The number of halogens is 1. The molecule has 4 nitrogen and oxygen atoms in total. The Morgan fingerprint density at radius 1 is 1.14 bits per heavy atom. The fourth-order valence-corrected chi connectivity index (χ4v) is 3.36. The molecule has 0 bridgehead atoms. The molecule has 3 rings (SSSR count). The Bertz CT molecular complexity index is 1080. The van der Waals surface area contributed by atoms with Crippen LogP contribution in [0.2, 0.25) is 5.02 Å². The highest BCUT2D eigenvalue weighted by molar-refractivity contribution is 7.99. The molecular formula is C22H17ClN2O2S. The average Bonchev–Trinajstić information content (AvgIpc) is 3.12. The van der Waals surface area contributed by atoms with Gasteiger partial charge in [0.05, 0.1) is 0 Å². The van der Waals surface area contributed by atoms with E-state index in [0.29, 0.717) is 21.6 Å². The number of furan rings is 1. The van der Waals surface area contributed by atoms with Gasteiger partial charge in [0.25, 0.3) is 5.91 Å². The Hall–Kier alpha value is -2.94. The number of carbonyl (C=O) groups excluding carboxylic acids is 1. The summed E-state index contributed by atoms with van der Waals surface area (Å²) in [4.78, 5) is 13.5. The highest BCUT2D eigenvalue weighted by Gasteiger charge is 2.13. The lowest BCUT2D eigenvalue weighted by atomic mass is 10.1. The topological polar surface area (TPSA) is 66.0 Å². The van der Waals surface area contributed by atoms with Crippen LogP contribution in [0.3, 0.4) is 0 Å². The number of rotatable bonds is 5. The third-order valence-corrected chi connectivity index (χ3v) is 5.32. The van der Waals surface area contributed by atoms with Crippen molar-refractivity contribution < 1.29 is 9.21 Å². The summed E-state index contributed by atoms with van der Waals surface area (Å²) in [6, 6.07) is 18.5. The Balaban J connectivity index is 1.74. The predicted octanol–water partition coefficient (Wildman–Crippen LogP) is 6.25. The molecule has 140 valence electrons. The second-order valence-corrected chi connectivity index (χ2v) is 7.60. The van der Waals surface area contributed by atoms with E-state index in [1.165, 1.54) is 17.8 Å². The van der Waals surface area contributed by atoms with Gasteiger partial charge in [-0.3, -0.25) is 4.79 Å². The SMILES string of the molecule is Cc1cccc(NC(=O)/C(C#N)=C/c2ccc(Sc3ccc(Cl)cc3)o2)c1C. The summed E-state index contributed by atoms with van der Waals surface area (Å²) >= 11 is 7.32. The molecule has 1 heterocycles. The van der Waals surface area contributed by atoms with E-state index in [4.69, 9.17) is 16.0 Å². The Kier molecular flexibility index (Phi) is 6.25. The van der Waals surface area contributed by atoms with E-state index in [2.05, 4.69) is 5.32 Å². The molecule has 0 fully saturated rings. The molecular weight excluding hydrogens is 392 g/mol. The van der Waals surface area contributed by atoms with Gasteiger partial charge in [-0.15, -0.1) is 0 Å². The summed E-state index contributed by atoms with van der Waals surface area (Å²) in [6.07, 6.45) is 1.44. The molecule has 1 aromatic heterocycles. The smallest absolute Gasteiger partial charge is 0.266 e. The van der Waals surface area contributed by atoms with E-state index in [9.17, 15) is 10.1 Å². The maximum absolute atomic E-state index is 12.5. The number of hydrogen-bond acceptors (Lipinski definition) is 4. The van der Waals surface area contributed by atoms with Crippen LogP contribution in [-0.2, 0) is 4.79 Å². The van der Waals surface area contributed by atoms with Crippen LogP contribution in [0.4, 0.5) is 5.69 Å². The molecule has 0 saturated heterocycles. The van der Waals surface area contributed by atoms with Crippen molar-refractivity contribution in [2.45, 2.75) is 23.8 Å². The van der Waals surface area contributed by atoms with E-state index in [0.717, 1.165) is 16.0 Å². The number of aryl methyl sites for hydroxylation is 1. The maximum Gasteiger partial charge on any atom is 0.266 e. The Labute approximate surface area is 172 Å². The van der Waals surface area contributed by atoms with Crippen LogP contribution < -0.4 is 5.32 Å². The van der Waals surface area contributed by atoms with Crippen molar-refractivity contribution in [2.24, 2.45) is 0 Å². The van der Waals surface area contributed by atoms with Crippen LogP contribution in [0.1, 0.15) is 16.9 Å². The minimum Gasteiger partial charge on any atom is -0.450 e. The van der Waals surface area contributed by atoms with E-state index in [1.54, 1.807) is 24.3 Å². The first-order valence-electron chi connectivity index (χ1n) is 8.49. The summed E-state index contributed by atoms with van der Waals surface area (Å²) in [6.45, 7) is 3.89. The van der Waals surface area contributed by atoms with Gasteiger partial charge in [-0.05, 0) is 67.4 Å². The van der Waals surface area contributed by atoms with Crippen molar-refractivity contribution in [3.05, 3.63) is 82.1 Å². The molecule has 0 aliphatic heterocycles.